The molecule has 0 spiro atoms. The zero-order valence-electron chi connectivity index (χ0n) is 12.3. The lowest BCUT2D eigenvalue weighted by Gasteiger charge is -2.23. The highest BCUT2D eigenvalue weighted by molar-refractivity contribution is 5.85. The molecule has 1 aliphatic heterocycles. The Morgan fingerprint density at radius 1 is 1.18 bits per heavy atom. The van der Waals surface area contributed by atoms with E-state index < -0.39 is 5.54 Å². The number of hydrogen-bond acceptors (Lipinski definition) is 5. The zero-order valence-corrected chi connectivity index (χ0v) is 13.1. The van der Waals surface area contributed by atoms with Gasteiger partial charge in [0.15, 0.2) is 11.9 Å². The Morgan fingerprint density at radius 3 is 2.77 bits per heavy atom. The summed E-state index contributed by atoms with van der Waals surface area (Å²) in [5.74, 6) is 1.15. The molecule has 1 aromatic heterocycles. The standard InChI is InChI=1S/C16H19N3O2.ClH/c17-16(8-3-4-9-16)15-18-14(21-19-15)13-12-6-2-1-5-11(12)7-10-20-13;/h1-2,5-6,13H,3-4,7-10,17H2;1H. The maximum atomic E-state index is 6.39. The molecule has 2 N–H and O–H groups in total. The SMILES string of the molecule is Cl.NC1(c2noc(C3OCCc4ccccc43)n2)CCCC1. The van der Waals surface area contributed by atoms with Gasteiger partial charge in [0.2, 0.25) is 0 Å². The van der Waals surface area contributed by atoms with Gasteiger partial charge in [0.05, 0.1) is 12.1 Å². The summed E-state index contributed by atoms with van der Waals surface area (Å²) in [6, 6.07) is 8.26. The summed E-state index contributed by atoms with van der Waals surface area (Å²) < 4.78 is 11.3. The number of nitrogens with two attached hydrogens (primary N) is 1. The van der Waals surface area contributed by atoms with Crippen molar-refractivity contribution < 1.29 is 9.26 Å². The Kier molecular flexibility index (Phi) is 4.21. The monoisotopic (exact) mass is 321 g/mol. The Hall–Kier alpha value is -1.43. The first kappa shape index (κ1) is 15.5. The largest absolute Gasteiger partial charge is 0.363 e. The molecule has 2 heterocycles. The smallest absolute Gasteiger partial charge is 0.260 e. The van der Waals surface area contributed by atoms with E-state index >= 15 is 0 Å². The molecule has 5 nitrogen and oxygen atoms in total. The minimum atomic E-state index is -0.421. The van der Waals surface area contributed by atoms with Crippen molar-refractivity contribution in [3.8, 4) is 0 Å². The van der Waals surface area contributed by atoms with Gasteiger partial charge < -0.3 is 15.0 Å². The molecule has 0 radical (unpaired) electrons. The normalized spacial score (nSPS) is 22.9. The number of rotatable bonds is 2. The van der Waals surface area contributed by atoms with Gasteiger partial charge >= 0.3 is 0 Å². The van der Waals surface area contributed by atoms with Crippen LogP contribution in [0, 0.1) is 0 Å². The first-order chi connectivity index (χ1) is 10.3. The van der Waals surface area contributed by atoms with Crippen LogP contribution in [0.25, 0.3) is 0 Å². The maximum Gasteiger partial charge on any atom is 0.260 e. The van der Waals surface area contributed by atoms with E-state index in [9.17, 15) is 0 Å². The summed E-state index contributed by atoms with van der Waals surface area (Å²) in [6.45, 7) is 0.674. The van der Waals surface area contributed by atoms with Crippen LogP contribution in [0.1, 0.15) is 54.6 Å². The van der Waals surface area contributed by atoms with Crippen LogP contribution in [-0.4, -0.2) is 16.7 Å². The second kappa shape index (κ2) is 5.99. The van der Waals surface area contributed by atoms with E-state index in [4.69, 9.17) is 15.0 Å². The van der Waals surface area contributed by atoms with Gasteiger partial charge in [-0.15, -0.1) is 12.4 Å². The maximum absolute atomic E-state index is 6.39. The molecule has 118 valence electrons. The average molecular weight is 322 g/mol. The fourth-order valence-electron chi connectivity index (χ4n) is 3.37. The fraction of sp³-hybridized carbons (Fsp3) is 0.500. The van der Waals surface area contributed by atoms with E-state index in [-0.39, 0.29) is 18.5 Å². The molecule has 4 rings (SSSR count). The van der Waals surface area contributed by atoms with Gasteiger partial charge in [-0.05, 0) is 30.4 Å². The quantitative estimate of drug-likeness (QED) is 0.920. The van der Waals surface area contributed by atoms with Gasteiger partial charge in [0.1, 0.15) is 0 Å². The second-order valence-electron chi connectivity index (χ2n) is 6.02. The number of nitrogens with zero attached hydrogens (tertiary/aromatic N) is 2. The van der Waals surface area contributed by atoms with Crippen molar-refractivity contribution in [3.05, 3.63) is 47.1 Å². The first-order valence-corrected chi connectivity index (χ1v) is 7.59. The molecule has 1 fully saturated rings. The summed E-state index contributed by atoms with van der Waals surface area (Å²) in [5.41, 5.74) is 8.38. The Bertz CT molecular complexity index is 652. The van der Waals surface area contributed by atoms with Gasteiger partial charge in [-0.1, -0.05) is 42.3 Å². The van der Waals surface area contributed by atoms with Crippen molar-refractivity contribution in [3.63, 3.8) is 0 Å². The lowest BCUT2D eigenvalue weighted by atomic mass is 9.97. The molecular formula is C16H20ClN3O2. The molecule has 0 saturated heterocycles. The molecule has 1 unspecified atom stereocenters. The molecular weight excluding hydrogens is 302 g/mol. The summed E-state index contributed by atoms with van der Waals surface area (Å²) >= 11 is 0. The van der Waals surface area contributed by atoms with E-state index in [0.29, 0.717) is 18.3 Å². The number of benzene rings is 1. The highest BCUT2D eigenvalue weighted by atomic mass is 35.5. The number of aromatic nitrogens is 2. The number of halogens is 1. The third kappa shape index (κ3) is 2.53. The Morgan fingerprint density at radius 2 is 1.95 bits per heavy atom. The highest BCUT2D eigenvalue weighted by Crippen LogP contribution is 2.37. The molecule has 1 atom stereocenters. The van der Waals surface area contributed by atoms with Gasteiger partial charge in [-0.25, -0.2) is 0 Å². The minimum Gasteiger partial charge on any atom is -0.363 e. The first-order valence-electron chi connectivity index (χ1n) is 7.59. The van der Waals surface area contributed by atoms with Crippen LogP contribution in [0.15, 0.2) is 28.8 Å². The fourth-order valence-corrected chi connectivity index (χ4v) is 3.37. The highest BCUT2D eigenvalue weighted by Gasteiger charge is 2.37. The van der Waals surface area contributed by atoms with Gasteiger partial charge in [0, 0.05) is 0 Å². The van der Waals surface area contributed by atoms with Gasteiger partial charge in [0.25, 0.3) is 5.89 Å². The molecule has 0 bridgehead atoms. The predicted octanol–water partition coefficient (Wildman–Crippen LogP) is 2.88. The summed E-state index contributed by atoms with van der Waals surface area (Å²) in [7, 11) is 0. The third-order valence-electron chi connectivity index (χ3n) is 4.60. The summed E-state index contributed by atoms with van der Waals surface area (Å²) in [6.07, 6.45) is 4.77. The van der Waals surface area contributed by atoms with E-state index in [1.165, 1.54) is 5.56 Å². The topological polar surface area (TPSA) is 74.2 Å². The lowest BCUT2D eigenvalue weighted by Crippen LogP contribution is -2.34. The number of hydrogen-bond donors (Lipinski definition) is 1. The van der Waals surface area contributed by atoms with Crippen molar-refractivity contribution in [2.45, 2.75) is 43.7 Å². The molecule has 0 amide bonds. The zero-order chi connectivity index (χ0) is 14.3. The van der Waals surface area contributed by atoms with Crippen LogP contribution in [0.3, 0.4) is 0 Å². The van der Waals surface area contributed by atoms with E-state index in [1.807, 2.05) is 12.1 Å². The third-order valence-corrected chi connectivity index (χ3v) is 4.60. The van der Waals surface area contributed by atoms with Crippen LogP contribution < -0.4 is 5.73 Å². The van der Waals surface area contributed by atoms with Crippen molar-refractivity contribution in [1.29, 1.82) is 0 Å². The minimum absolute atomic E-state index is 0. The summed E-state index contributed by atoms with van der Waals surface area (Å²) in [4.78, 5) is 4.56. The van der Waals surface area contributed by atoms with Crippen molar-refractivity contribution in [2.75, 3.05) is 6.61 Å². The lowest BCUT2D eigenvalue weighted by molar-refractivity contribution is 0.0475. The summed E-state index contributed by atoms with van der Waals surface area (Å²) in [5, 5.41) is 4.13. The second-order valence-corrected chi connectivity index (χ2v) is 6.02. The van der Waals surface area contributed by atoms with Gasteiger partial charge in [-0.2, -0.15) is 4.98 Å². The average Bonchev–Trinajstić information content (AvgIpc) is 3.16. The van der Waals surface area contributed by atoms with E-state index in [1.54, 1.807) is 0 Å². The van der Waals surface area contributed by atoms with Crippen molar-refractivity contribution >= 4 is 12.4 Å². The molecule has 1 saturated carbocycles. The van der Waals surface area contributed by atoms with Crippen LogP contribution in [0.4, 0.5) is 0 Å². The van der Waals surface area contributed by atoms with Crippen LogP contribution >= 0.6 is 12.4 Å². The molecule has 22 heavy (non-hydrogen) atoms. The van der Waals surface area contributed by atoms with Crippen LogP contribution in [0.2, 0.25) is 0 Å². The predicted molar refractivity (Wildman–Crippen MR) is 83.8 cm³/mol. The molecule has 6 heteroatoms. The van der Waals surface area contributed by atoms with E-state index in [0.717, 1.165) is 37.7 Å². The number of ether oxygens (including phenoxy) is 1. The molecule has 2 aliphatic rings. The molecule has 2 aromatic rings. The van der Waals surface area contributed by atoms with Crippen molar-refractivity contribution in [1.82, 2.24) is 10.1 Å². The molecule has 1 aliphatic carbocycles. The number of fused-ring (bicyclic) bond motifs is 1. The van der Waals surface area contributed by atoms with Crippen LogP contribution in [-0.2, 0) is 16.7 Å². The van der Waals surface area contributed by atoms with E-state index in [2.05, 4.69) is 22.3 Å². The molecule has 1 aromatic carbocycles. The van der Waals surface area contributed by atoms with Crippen LogP contribution in [0.5, 0.6) is 0 Å². The Labute approximate surface area is 135 Å². The van der Waals surface area contributed by atoms with Gasteiger partial charge in [-0.3, -0.25) is 0 Å². The Balaban J connectivity index is 0.00000144. The van der Waals surface area contributed by atoms with Crippen molar-refractivity contribution in [2.24, 2.45) is 5.73 Å².